The highest BCUT2D eigenvalue weighted by atomic mass is 16.3. The van der Waals surface area contributed by atoms with Gasteiger partial charge in [-0.15, -0.1) is 0 Å². The molecule has 0 amide bonds. The molecule has 2 nitrogen and oxygen atoms in total. The molecule has 0 radical (unpaired) electrons. The third-order valence-electron chi connectivity index (χ3n) is 5.43. The number of hydrogen-bond donors (Lipinski definition) is 2. The first-order chi connectivity index (χ1) is 7.72. The van der Waals surface area contributed by atoms with E-state index in [1.165, 1.54) is 38.5 Å². The summed E-state index contributed by atoms with van der Waals surface area (Å²) in [6.45, 7) is 0.226. The summed E-state index contributed by atoms with van der Waals surface area (Å²) < 4.78 is 0. The van der Waals surface area contributed by atoms with Crippen LogP contribution < -0.4 is 0 Å². The molecule has 2 N–H and O–H groups in total. The molecule has 4 saturated carbocycles. The molecular weight excluding hydrogens is 200 g/mol. The van der Waals surface area contributed by atoms with E-state index in [0.29, 0.717) is 0 Å². The summed E-state index contributed by atoms with van der Waals surface area (Å²) in [5.74, 6) is 2.74. The lowest BCUT2D eigenvalue weighted by Gasteiger charge is -2.58. The van der Waals surface area contributed by atoms with Gasteiger partial charge in [-0.2, -0.15) is 0 Å². The van der Waals surface area contributed by atoms with Crippen LogP contribution in [0.25, 0.3) is 0 Å². The lowest BCUT2D eigenvalue weighted by Crippen LogP contribution is -2.51. The van der Waals surface area contributed by atoms with Crippen LogP contribution in [-0.2, 0) is 0 Å². The topological polar surface area (TPSA) is 40.5 Å². The largest absolute Gasteiger partial charge is 0.396 e. The second kappa shape index (κ2) is 3.99. The molecule has 0 heterocycles. The van der Waals surface area contributed by atoms with Crippen molar-refractivity contribution < 1.29 is 10.2 Å². The number of rotatable bonds is 4. The van der Waals surface area contributed by atoms with Crippen molar-refractivity contribution in [2.45, 2.75) is 57.5 Å². The molecule has 4 aliphatic rings. The van der Waals surface area contributed by atoms with Gasteiger partial charge < -0.3 is 10.2 Å². The fourth-order valence-electron chi connectivity index (χ4n) is 5.18. The Labute approximate surface area is 98.1 Å². The van der Waals surface area contributed by atoms with Crippen molar-refractivity contribution in [1.29, 1.82) is 0 Å². The van der Waals surface area contributed by atoms with Gasteiger partial charge in [-0.1, -0.05) is 0 Å². The van der Waals surface area contributed by atoms with Crippen LogP contribution >= 0.6 is 0 Å². The van der Waals surface area contributed by atoms with E-state index in [0.717, 1.165) is 30.6 Å². The minimum atomic E-state index is -0.145. The van der Waals surface area contributed by atoms with Crippen molar-refractivity contribution in [1.82, 2.24) is 0 Å². The highest BCUT2D eigenvalue weighted by Gasteiger charge is 2.53. The number of aliphatic hydroxyl groups excluding tert-OH is 2. The van der Waals surface area contributed by atoms with Gasteiger partial charge in [-0.05, 0) is 74.5 Å². The van der Waals surface area contributed by atoms with Crippen molar-refractivity contribution in [2.75, 3.05) is 6.61 Å². The Balaban J connectivity index is 1.72. The molecule has 1 atom stereocenters. The lowest BCUT2D eigenvalue weighted by molar-refractivity contribution is -0.123. The van der Waals surface area contributed by atoms with Crippen LogP contribution in [0.15, 0.2) is 0 Å². The molecule has 4 bridgehead atoms. The normalized spacial score (nSPS) is 47.2. The van der Waals surface area contributed by atoms with E-state index < -0.39 is 0 Å². The Bertz CT molecular complexity index is 226. The number of aliphatic hydroxyl groups is 2. The predicted molar refractivity (Wildman–Crippen MR) is 62.9 cm³/mol. The summed E-state index contributed by atoms with van der Waals surface area (Å²) in [6.07, 6.45) is 9.55. The molecule has 0 aliphatic heterocycles. The van der Waals surface area contributed by atoms with Crippen LogP contribution in [0.3, 0.4) is 0 Å². The molecular formula is C14H24O2. The second-order valence-corrected chi connectivity index (χ2v) is 6.66. The fourth-order valence-corrected chi connectivity index (χ4v) is 5.18. The maximum Gasteiger partial charge on any atom is 0.0597 e. The molecule has 0 aromatic rings. The molecule has 4 aliphatic carbocycles. The van der Waals surface area contributed by atoms with Crippen molar-refractivity contribution in [2.24, 2.45) is 23.2 Å². The Morgan fingerprint density at radius 1 is 1.00 bits per heavy atom. The molecule has 0 saturated heterocycles. The zero-order valence-electron chi connectivity index (χ0n) is 10.1. The SMILES string of the molecule is OCCCC(O)C12CC3CC(CC(C3)C1)C2. The minimum Gasteiger partial charge on any atom is -0.396 e. The van der Waals surface area contributed by atoms with Gasteiger partial charge in [0.05, 0.1) is 6.10 Å². The van der Waals surface area contributed by atoms with Crippen molar-refractivity contribution in [3.63, 3.8) is 0 Å². The maximum absolute atomic E-state index is 10.4. The van der Waals surface area contributed by atoms with E-state index in [2.05, 4.69) is 0 Å². The summed E-state index contributed by atoms with van der Waals surface area (Å²) in [6, 6.07) is 0. The van der Waals surface area contributed by atoms with E-state index >= 15 is 0 Å². The third kappa shape index (κ3) is 1.70. The monoisotopic (exact) mass is 224 g/mol. The van der Waals surface area contributed by atoms with Crippen LogP contribution in [-0.4, -0.2) is 22.9 Å². The van der Waals surface area contributed by atoms with E-state index in [4.69, 9.17) is 5.11 Å². The standard InChI is InChI=1S/C14H24O2/c15-3-1-2-13(16)14-7-10-4-11(8-14)6-12(5-10)9-14/h10-13,15-16H,1-9H2. The average molecular weight is 224 g/mol. The van der Waals surface area contributed by atoms with Gasteiger partial charge in [0.2, 0.25) is 0 Å². The summed E-state index contributed by atoms with van der Waals surface area (Å²) in [4.78, 5) is 0. The van der Waals surface area contributed by atoms with Crippen LogP contribution in [0.1, 0.15) is 51.4 Å². The van der Waals surface area contributed by atoms with Gasteiger partial charge in [0, 0.05) is 6.61 Å². The first kappa shape index (κ1) is 11.0. The maximum atomic E-state index is 10.4. The quantitative estimate of drug-likeness (QED) is 0.769. The fraction of sp³-hybridized carbons (Fsp3) is 1.00. The first-order valence-corrected chi connectivity index (χ1v) is 7.01. The van der Waals surface area contributed by atoms with Crippen molar-refractivity contribution in [3.8, 4) is 0 Å². The molecule has 0 spiro atoms. The predicted octanol–water partition coefficient (Wildman–Crippen LogP) is 2.34. The highest BCUT2D eigenvalue weighted by Crippen LogP contribution is 2.61. The molecule has 0 aromatic carbocycles. The first-order valence-electron chi connectivity index (χ1n) is 7.01. The lowest BCUT2D eigenvalue weighted by atomic mass is 9.48. The van der Waals surface area contributed by atoms with E-state index in [1.54, 1.807) is 0 Å². The Hall–Kier alpha value is -0.0800. The molecule has 2 heteroatoms. The minimum absolute atomic E-state index is 0.145. The Morgan fingerprint density at radius 3 is 1.94 bits per heavy atom. The molecule has 16 heavy (non-hydrogen) atoms. The van der Waals surface area contributed by atoms with Gasteiger partial charge in [0.25, 0.3) is 0 Å². The Kier molecular flexibility index (Phi) is 2.75. The van der Waals surface area contributed by atoms with Gasteiger partial charge in [-0.3, -0.25) is 0 Å². The van der Waals surface area contributed by atoms with E-state index in [9.17, 15) is 5.11 Å². The second-order valence-electron chi connectivity index (χ2n) is 6.66. The van der Waals surface area contributed by atoms with Crippen molar-refractivity contribution in [3.05, 3.63) is 0 Å². The number of hydrogen-bond acceptors (Lipinski definition) is 2. The van der Waals surface area contributed by atoms with E-state index in [-0.39, 0.29) is 18.1 Å². The van der Waals surface area contributed by atoms with Crippen molar-refractivity contribution >= 4 is 0 Å². The van der Waals surface area contributed by atoms with Gasteiger partial charge >= 0.3 is 0 Å². The molecule has 1 unspecified atom stereocenters. The summed E-state index contributed by atoms with van der Waals surface area (Å²) in [5.41, 5.74) is 0.254. The Morgan fingerprint density at radius 2 is 1.50 bits per heavy atom. The summed E-state index contributed by atoms with van der Waals surface area (Å²) in [5, 5.41) is 19.3. The third-order valence-corrected chi connectivity index (χ3v) is 5.43. The summed E-state index contributed by atoms with van der Waals surface area (Å²) >= 11 is 0. The molecule has 0 aromatic heterocycles. The van der Waals surface area contributed by atoms with Gasteiger partial charge in [0.1, 0.15) is 0 Å². The summed E-state index contributed by atoms with van der Waals surface area (Å²) in [7, 11) is 0. The zero-order valence-corrected chi connectivity index (χ0v) is 10.1. The van der Waals surface area contributed by atoms with E-state index in [1.807, 2.05) is 0 Å². The highest BCUT2D eigenvalue weighted by molar-refractivity contribution is 5.04. The van der Waals surface area contributed by atoms with Gasteiger partial charge in [-0.25, -0.2) is 0 Å². The van der Waals surface area contributed by atoms with Crippen LogP contribution in [0.2, 0.25) is 0 Å². The smallest absolute Gasteiger partial charge is 0.0597 e. The molecule has 4 fully saturated rings. The van der Waals surface area contributed by atoms with Crippen LogP contribution in [0, 0.1) is 23.2 Å². The van der Waals surface area contributed by atoms with Gasteiger partial charge in [0.15, 0.2) is 0 Å². The van der Waals surface area contributed by atoms with Crippen LogP contribution in [0.5, 0.6) is 0 Å². The van der Waals surface area contributed by atoms with Crippen LogP contribution in [0.4, 0.5) is 0 Å². The molecule has 92 valence electrons. The average Bonchev–Trinajstić information content (AvgIpc) is 2.24. The molecule has 4 rings (SSSR count). The zero-order chi connectivity index (χ0) is 11.2.